The van der Waals surface area contributed by atoms with Gasteiger partial charge in [0.2, 0.25) is 0 Å². The number of fused-ring (bicyclic) bond motifs is 2. The van der Waals surface area contributed by atoms with Crippen LogP contribution < -0.4 is 5.22 Å². The van der Waals surface area contributed by atoms with Crippen LogP contribution in [0.5, 0.6) is 0 Å². The summed E-state index contributed by atoms with van der Waals surface area (Å²) in [7, 11) is 0. The lowest BCUT2D eigenvalue weighted by Crippen LogP contribution is -2.23. The molecule has 5 rings (SSSR count). The zero-order valence-corrected chi connectivity index (χ0v) is 11.4. The fourth-order valence-electron chi connectivity index (χ4n) is 3.83. The van der Waals surface area contributed by atoms with Gasteiger partial charge in [0.15, 0.2) is 0 Å². The molecular weight excluding hydrogens is 254 g/mol. The first-order valence-electron chi connectivity index (χ1n) is 7.27. The van der Waals surface area contributed by atoms with Gasteiger partial charge in [0.05, 0.1) is 5.71 Å². The zero-order valence-electron chi connectivity index (χ0n) is 11.4. The van der Waals surface area contributed by atoms with E-state index in [2.05, 4.69) is 60.7 Å². The third-order valence-electron chi connectivity index (χ3n) is 4.68. The van der Waals surface area contributed by atoms with Gasteiger partial charge in [-0.05, 0) is 38.4 Å². The molecule has 1 N–H and O–H groups in total. The van der Waals surface area contributed by atoms with E-state index in [0.29, 0.717) is 11.6 Å². The highest BCUT2D eigenvalue weighted by Crippen LogP contribution is 2.36. The minimum Gasteiger partial charge on any atom is -0.300 e. The van der Waals surface area contributed by atoms with E-state index in [0.717, 1.165) is 5.56 Å². The van der Waals surface area contributed by atoms with Crippen molar-refractivity contribution in [2.24, 2.45) is 0 Å². The molecule has 98 valence electrons. The maximum Gasteiger partial charge on any atom is 0.0618 e. The van der Waals surface area contributed by atoms with Crippen LogP contribution in [0.3, 0.4) is 0 Å². The van der Waals surface area contributed by atoms with Crippen molar-refractivity contribution in [2.45, 2.75) is 5.92 Å². The summed E-state index contributed by atoms with van der Waals surface area (Å²) in [6, 6.07) is 12.9. The number of benzene rings is 3. The zero-order chi connectivity index (χ0) is 14.0. The Balaban J connectivity index is 2.19. The Labute approximate surface area is 122 Å². The van der Waals surface area contributed by atoms with Gasteiger partial charge in [-0.3, -0.25) is 0 Å². The van der Waals surface area contributed by atoms with Crippen LogP contribution in [0, 0.1) is 5.41 Å². The quantitative estimate of drug-likeness (QED) is 0.634. The number of allylic oxidation sites excluding steroid dienone is 4. The van der Waals surface area contributed by atoms with Crippen LogP contribution in [0.1, 0.15) is 17.0 Å². The van der Waals surface area contributed by atoms with Gasteiger partial charge in [0.1, 0.15) is 0 Å². The Morgan fingerprint density at radius 2 is 1.71 bits per heavy atom. The van der Waals surface area contributed by atoms with E-state index in [1.165, 1.54) is 32.3 Å². The van der Waals surface area contributed by atoms with E-state index in [4.69, 9.17) is 5.41 Å². The molecule has 0 amide bonds. The van der Waals surface area contributed by atoms with Crippen molar-refractivity contribution in [3.8, 4) is 0 Å². The molecule has 0 heterocycles. The molecule has 2 aliphatic carbocycles. The van der Waals surface area contributed by atoms with Crippen molar-refractivity contribution in [3.63, 3.8) is 0 Å². The van der Waals surface area contributed by atoms with Gasteiger partial charge in [0.25, 0.3) is 0 Å². The second-order valence-electron chi connectivity index (χ2n) is 5.76. The maximum atomic E-state index is 8.40. The summed E-state index contributed by atoms with van der Waals surface area (Å²) < 4.78 is 0. The molecule has 21 heavy (non-hydrogen) atoms. The van der Waals surface area contributed by atoms with Crippen LogP contribution in [0.2, 0.25) is 0 Å². The number of rotatable bonds is 0. The van der Waals surface area contributed by atoms with Crippen LogP contribution in [0.4, 0.5) is 0 Å². The van der Waals surface area contributed by atoms with E-state index in [-0.39, 0.29) is 0 Å². The molecule has 2 aliphatic rings. The smallest absolute Gasteiger partial charge is 0.0618 e. The van der Waals surface area contributed by atoms with Crippen LogP contribution >= 0.6 is 0 Å². The van der Waals surface area contributed by atoms with Crippen molar-refractivity contribution in [1.29, 1.82) is 5.41 Å². The Hall–Kier alpha value is -2.67. The van der Waals surface area contributed by atoms with Crippen molar-refractivity contribution < 1.29 is 0 Å². The lowest BCUT2D eigenvalue weighted by Gasteiger charge is -2.25. The van der Waals surface area contributed by atoms with Crippen LogP contribution in [0.25, 0.3) is 27.6 Å². The summed E-state index contributed by atoms with van der Waals surface area (Å²) in [5, 5.41) is 14.8. The first-order valence-corrected chi connectivity index (χ1v) is 7.27. The molecule has 0 bridgehead atoms. The van der Waals surface area contributed by atoms with E-state index >= 15 is 0 Å². The standard InChI is InChI=1S/C20H13N/c21-17-11-10-13-6-2-8-15-14-7-1-4-12-5-3-9-16(18(12)14)20(17)19(13)15/h1-11,13,21H. The van der Waals surface area contributed by atoms with Gasteiger partial charge >= 0.3 is 0 Å². The first-order chi connectivity index (χ1) is 10.3. The molecular formula is C20H13N. The van der Waals surface area contributed by atoms with Gasteiger partial charge in [0, 0.05) is 11.5 Å². The van der Waals surface area contributed by atoms with Crippen LogP contribution in [0.15, 0.2) is 60.7 Å². The molecule has 0 saturated carbocycles. The highest BCUT2D eigenvalue weighted by atomic mass is 14.4. The van der Waals surface area contributed by atoms with E-state index in [1.807, 2.05) is 6.08 Å². The molecule has 1 unspecified atom stereocenters. The highest BCUT2D eigenvalue weighted by molar-refractivity contribution is 6.23. The third kappa shape index (κ3) is 1.28. The second kappa shape index (κ2) is 3.70. The summed E-state index contributed by atoms with van der Waals surface area (Å²) >= 11 is 0. The minimum atomic E-state index is 0.303. The molecule has 0 radical (unpaired) electrons. The van der Waals surface area contributed by atoms with Crippen molar-refractivity contribution in [1.82, 2.24) is 0 Å². The average Bonchev–Trinajstić information content (AvgIpc) is 2.53. The minimum absolute atomic E-state index is 0.303. The summed E-state index contributed by atoms with van der Waals surface area (Å²) in [5.74, 6) is 0.303. The normalized spacial score (nSPS) is 19.0. The molecule has 1 heteroatoms. The largest absolute Gasteiger partial charge is 0.300 e. The summed E-state index contributed by atoms with van der Waals surface area (Å²) in [6.45, 7) is 0. The molecule has 1 nitrogen and oxygen atoms in total. The monoisotopic (exact) mass is 267 g/mol. The lowest BCUT2D eigenvalue weighted by molar-refractivity contribution is 1.05. The number of hydrogen-bond acceptors (Lipinski definition) is 1. The lowest BCUT2D eigenvalue weighted by atomic mass is 9.78. The van der Waals surface area contributed by atoms with Gasteiger partial charge in [-0.25, -0.2) is 0 Å². The van der Waals surface area contributed by atoms with E-state index in [1.54, 1.807) is 0 Å². The third-order valence-corrected chi connectivity index (χ3v) is 4.68. The summed E-state index contributed by atoms with van der Waals surface area (Å²) in [5.41, 5.74) is 3.04. The maximum absolute atomic E-state index is 8.40. The number of nitrogens with one attached hydrogen (secondary N) is 1. The highest BCUT2D eigenvalue weighted by Gasteiger charge is 2.24. The Morgan fingerprint density at radius 1 is 0.905 bits per heavy atom. The predicted octanol–water partition coefficient (Wildman–Crippen LogP) is 4.08. The molecule has 0 aromatic heterocycles. The van der Waals surface area contributed by atoms with Gasteiger partial charge in [-0.2, -0.15) is 0 Å². The predicted molar refractivity (Wildman–Crippen MR) is 89.0 cm³/mol. The average molecular weight is 267 g/mol. The van der Waals surface area contributed by atoms with Gasteiger partial charge in [-0.1, -0.05) is 60.7 Å². The van der Waals surface area contributed by atoms with Crippen LogP contribution in [-0.2, 0) is 0 Å². The van der Waals surface area contributed by atoms with Crippen molar-refractivity contribution in [2.75, 3.05) is 0 Å². The van der Waals surface area contributed by atoms with Crippen LogP contribution in [-0.4, -0.2) is 5.71 Å². The second-order valence-corrected chi connectivity index (χ2v) is 5.76. The fourth-order valence-corrected chi connectivity index (χ4v) is 3.83. The Morgan fingerprint density at radius 3 is 2.57 bits per heavy atom. The van der Waals surface area contributed by atoms with E-state index < -0.39 is 0 Å². The summed E-state index contributed by atoms with van der Waals surface area (Å²) in [4.78, 5) is 0. The van der Waals surface area contributed by atoms with E-state index in [9.17, 15) is 0 Å². The molecule has 0 aliphatic heterocycles. The van der Waals surface area contributed by atoms with Gasteiger partial charge < -0.3 is 5.41 Å². The molecule has 0 spiro atoms. The molecule has 0 saturated heterocycles. The molecule has 1 atom stereocenters. The SMILES string of the molecule is N=C1C=CC2C=CC=c3c2c1c1cccc2cccc3c21. The molecule has 3 aromatic carbocycles. The summed E-state index contributed by atoms with van der Waals surface area (Å²) in [6.07, 6.45) is 10.6. The first kappa shape index (κ1) is 11.0. The Kier molecular flexibility index (Phi) is 1.95. The fraction of sp³-hybridized carbons (Fsp3) is 0.0500. The Bertz CT molecular complexity index is 1050. The van der Waals surface area contributed by atoms with Crippen molar-refractivity contribution >= 4 is 33.3 Å². The van der Waals surface area contributed by atoms with Gasteiger partial charge in [-0.15, -0.1) is 0 Å². The molecule has 3 aromatic rings. The van der Waals surface area contributed by atoms with Crippen molar-refractivity contribution in [3.05, 3.63) is 77.0 Å². The number of hydrogen-bond donors (Lipinski definition) is 1. The topological polar surface area (TPSA) is 23.9 Å². The molecule has 0 fully saturated rings.